The first kappa shape index (κ1) is 15.6. The maximum Gasteiger partial charge on any atom is 0.310 e. The molecule has 5 nitrogen and oxygen atoms in total. The summed E-state index contributed by atoms with van der Waals surface area (Å²) in [7, 11) is 1.61. The summed E-state index contributed by atoms with van der Waals surface area (Å²) in [6.45, 7) is 2.10. The van der Waals surface area contributed by atoms with Gasteiger partial charge in [0.1, 0.15) is 6.61 Å². The van der Waals surface area contributed by atoms with Crippen molar-refractivity contribution >= 4 is 5.97 Å². The van der Waals surface area contributed by atoms with E-state index in [4.69, 9.17) is 19.9 Å². The van der Waals surface area contributed by atoms with E-state index in [0.29, 0.717) is 26.4 Å². The number of nitrogens with two attached hydrogens (primary N) is 1. The van der Waals surface area contributed by atoms with Crippen LogP contribution in [0.2, 0.25) is 0 Å². The van der Waals surface area contributed by atoms with Crippen molar-refractivity contribution in [2.45, 2.75) is 13.0 Å². The maximum absolute atomic E-state index is 11.6. The third kappa shape index (κ3) is 6.33. The summed E-state index contributed by atoms with van der Waals surface area (Å²) in [4.78, 5) is 11.6. The smallest absolute Gasteiger partial charge is 0.310 e. The molecule has 0 aliphatic rings. The lowest BCUT2D eigenvalue weighted by Gasteiger charge is -2.08. The van der Waals surface area contributed by atoms with Gasteiger partial charge in [-0.1, -0.05) is 24.3 Å². The normalized spacial score (nSPS) is 10.4. The third-order valence-electron chi connectivity index (χ3n) is 2.60. The average Bonchev–Trinajstić information content (AvgIpc) is 2.43. The number of benzene rings is 1. The Morgan fingerprint density at radius 1 is 1.11 bits per heavy atom. The Morgan fingerprint density at radius 3 is 2.47 bits per heavy atom. The Bertz CT molecular complexity index is 381. The number of hydrogen-bond donors (Lipinski definition) is 1. The monoisotopic (exact) mass is 267 g/mol. The van der Waals surface area contributed by atoms with Gasteiger partial charge in [-0.15, -0.1) is 0 Å². The molecule has 0 atom stereocenters. The average molecular weight is 267 g/mol. The van der Waals surface area contributed by atoms with E-state index in [-0.39, 0.29) is 19.0 Å². The molecule has 0 saturated heterocycles. The lowest BCUT2D eigenvalue weighted by Crippen LogP contribution is -2.15. The Hall–Kier alpha value is -1.43. The zero-order chi connectivity index (χ0) is 13.9. The standard InChI is InChI=1S/C14H21NO4/c1-17-6-7-18-8-9-19-14(16)10-12-4-2-3-5-13(12)11-15/h2-5H,6-11,15H2,1H3. The molecular formula is C14H21NO4. The van der Waals surface area contributed by atoms with Gasteiger partial charge < -0.3 is 19.9 Å². The minimum Gasteiger partial charge on any atom is -0.463 e. The highest BCUT2D eigenvalue weighted by Crippen LogP contribution is 2.09. The van der Waals surface area contributed by atoms with Crippen LogP contribution in [0, 0.1) is 0 Å². The Morgan fingerprint density at radius 2 is 1.79 bits per heavy atom. The molecule has 0 fully saturated rings. The second kappa shape index (κ2) is 9.49. The van der Waals surface area contributed by atoms with E-state index >= 15 is 0 Å². The van der Waals surface area contributed by atoms with Crippen LogP contribution in [-0.2, 0) is 32.0 Å². The highest BCUT2D eigenvalue weighted by molar-refractivity contribution is 5.73. The molecule has 0 bridgehead atoms. The second-order valence-electron chi connectivity index (χ2n) is 3.98. The zero-order valence-electron chi connectivity index (χ0n) is 11.3. The first-order valence-corrected chi connectivity index (χ1v) is 6.27. The second-order valence-corrected chi connectivity index (χ2v) is 3.98. The minimum atomic E-state index is -0.267. The molecule has 106 valence electrons. The molecule has 2 N–H and O–H groups in total. The molecule has 0 radical (unpaired) electrons. The molecule has 0 aromatic heterocycles. The number of carbonyl (C=O) groups is 1. The molecule has 0 aliphatic carbocycles. The van der Waals surface area contributed by atoms with Crippen molar-refractivity contribution in [2.75, 3.05) is 33.5 Å². The van der Waals surface area contributed by atoms with Crippen LogP contribution in [-0.4, -0.2) is 39.5 Å². The van der Waals surface area contributed by atoms with Crippen molar-refractivity contribution in [3.05, 3.63) is 35.4 Å². The third-order valence-corrected chi connectivity index (χ3v) is 2.60. The van der Waals surface area contributed by atoms with E-state index in [0.717, 1.165) is 11.1 Å². The highest BCUT2D eigenvalue weighted by atomic mass is 16.6. The van der Waals surface area contributed by atoms with Gasteiger partial charge >= 0.3 is 5.97 Å². The van der Waals surface area contributed by atoms with Gasteiger partial charge in [-0.25, -0.2) is 0 Å². The SMILES string of the molecule is COCCOCCOC(=O)Cc1ccccc1CN. The quantitative estimate of drug-likeness (QED) is 0.531. The zero-order valence-corrected chi connectivity index (χ0v) is 11.3. The molecule has 5 heteroatoms. The Kier molecular flexibility index (Phi) is 7.81. The van der Waals surface area contributed by atoms with Gasteiger partial charge in [-0.3, -0.25) is 4.79 Å². The predicted molar refractivity (Wildman–Crippen MR) is 71.7 cm³/mol. The van der Waals surface area contributed by atoms with E-state index in [1.54, 1.807) is 7.11 Å². The number of methoxy groups -OCH3 is 1. The van der Waals surface area contributed by atoms with Crippen molar-refractivity contribution in [2.24, 2.45) is 5.73 Å². The first-order valence-electron chi connectivity index (χ1n) is 6.27. The predicted octanol–water partition coefficient (Wildman–Crippen LogP) is 0.894. The van der Waals surface area contributed by atoms with Gasteiger partial charge in [0.05, 0.1) is 26.2 Å². The summed E-state index contributed by atoms with van der Waals surface area (Å²) in [5.74, 6) is -0.267. The molecule has 0 saturated carbocycles. The van der Waals surface area contributed by atoms with Crippen LogP contribution in [0.3, 0.4) is 0 Å². The Labute approximate surface area is 113 Å². The van der Waals surface area contributed by atoms with Gasteiger partial charge in [0, 0.05) is 13.7 Å². The van der Waals surface area contributed by atoms with E-state index in [9.17, 15) is 4.79 Å². The van der Waals surface area contributed by atoms with Gasteiger partial charge in [0.25, 0.3) is 0 Å². The minimum absolute atomic E-state index is 0.242. The van der Waals surface area contributed by atoms with Crippen molar-refractivity contribution in [1.29, 1.82) is 0 Å². The fourth-order valence-corrected chi connectivity index (χ4v) is 1.59. The van der Waals surface area contributed by atoms with Gasteiger partial charge in [-0.2, -0.15) is 0 Å². The summed E-state index contributed by atoms with van der Waals surface area (Å²) in [6.07, 6.45) is 0.242. The molecular weight excluding hydrogens is 246 g/mol. The van der Waals surface area contributed by atoms with Crippen LogP contribution in [0.5, 0.6) is 0 Å². The van der Waals surface area contributed by atoms with Crippen molar-refractivity contribution in [3.63, 3.8) is 0 Å². The van der Waals surface area contributed by atoms with Crippen LogP contribution >= 0.6 is 0 Å². The fraction of sp³-hybridized carbons (Fsp3) is 0.500. The van der Waals surface area contributed by atoms with Crippen molar-refractivity contribution < 1.29 is 19.0 Å². The van der Waals surface area contributed by atoms with Gasteiger partial charge in [-0.05, 0) is 11.1 Å². The summed E-state index contributed by atoms with van der Waals surface area (Å²) in [6, 6.07) is 7.59. The topological polar surface area (TPSA) is 70.8 Å². The molecule has 0 heterocycles. The van der Waals surface area contributed by atoms with E-state index in [1.165, 1.54) is 0 Å². The molecule has 19 heavy (non-hydrogen) atoms. The number of hydrogen-bond acceptors (Lipinski definition) is 5. The van der Waals surface area contributed by atoms with Crippen LogP contribution in [0.4, 0.5) is 0 Å². The summed E-state index contributed by atoms with van der Waals surface area (Å²) >= 11 is 0. The number of esters is 1. The van der Waals surface area contributed by atoms with Crippen LogP contribution in [0.25, 0.3) is 0 Å². The van der Waals surface area contributed by atoms with Gasteiger partial charge in [0.2, 0.25) is 0 Å². The molecule has 1 aromatic rings. The Balaban J connectivity index is 2.23. The molecule has 0 spiro atoms. The van der Waals surface area contributed by atoms with E-state index < -0.39 is 0 Å². The number of carbonyl (C=O) groups excluding carboxylic acids is 1. The first-order chi connectivity index (χ1) is 9.27. The lowest BCUT2D eigenvalue weighted by molar-refractivity contribution is -0.144. The number of ether oxygens (including phenoxy) is 3. The highest BCUT2D eigenvalue weighted by Gasteiger charge is 2.07. The van der Waals surface area contributed by atoms with Crippen LogP contribution in [0.15, 0.2) is 24.3 Å². The fourth-order valence-electron chi connectivity index (χ4n) is 1.59. The lowest BCUT2D eigenvalue weighted by atomic mass is 10.1. The largest absolute Gasteiger partial charge is 0.463 e. The molecule has 0 unspecified atom stereocenters. The summed E-state index contributed by atoms with van der Waals surface area (Å²) in [5, 5.41) is 0. The van der Waals surface area contributed by atoms with Crippen LogP contribution < -0.4 is 5.73 Å². The molecule has 0 amide bonds. The van der Waals surface area contributed by atoms with Crippen molar-refractivity contribution in [3.8, 4) is 0 Å². The summed E-state index contributed by atoms with van der Waals surface area (Å²) < 4.78 is 15.1. The number of rotatable bonds is 9. The summed E-state index contributed by atoms with van der Waals surface area (Å²) in [5.41, 5.74) is 7.49. The van der Waals surface area contributed by atoms with E-state index in [2.05, 4.69) is 0 Å². The van der Waals surface area contributed by atoms with Gasteiger partial charge in [0.15, 0.2) is 0 Å². The maximum atomic E-state index is 11.6. The molecule has 1 aromatic carbocycles. The van der Waals surface area contributed by atoms with E-state index in [1.807, 2.05) is 24.3 Å². The molecule has 0 aliphatic heterocycles. The molecule has 1 rings (SSSR count). The van der Waals surface area contributed by atoms with Crippen molar-refractivity contribution in [1.82, 2.24) is 0 Å². The van der Waals surface area contributed by atoms with Crippen LogP contribution in [0.1, 0.15) is 11.1 Å².